The van der Waals surface area contributed by atoms with Crippen molar-refractivity contribution in [3.63, 3.8) is 0 Å². The Balaban J connectivity index is 2.05. The Labute approximate surface area is 127 Å². The lowest BCUT2D eigenvalue weighted by molar-refractivity contribution is 0.0729. The van der Waals surface area contributed by atoms with Crippen molar-refractivity contribution in [2.75, 3.05) is 18.4 Å². The van der Waals surface area contributed by atoms with E-state index >= 15 is 0 Å². The molecule has 0 unspecified atom stereocenters. The van der Waals surface area contributed by atoms with Crippen molar-refractivity contribution in [3.05, 3.63) is 24.0 Å². The maximum absolute atomic E-state index is 12.7. The second-order valence-corrected chi connectivity index (χ2v) is 6.27. The summed E-state index contributed by atoms with van der Waals surface area (Å²) in [4.78, 5) is 19.0. The standard InChI is InChI=1S/C17H27N3O/c1-4-9-18-14-7-10-19-16(12-14)17(21)20(15-5-6-15)11-8-13(2)3/h7,10,12-13,15H,4-6,8-9,11H2,1-3H3,(H,18,19). The van der Waals surface area contributed by atoms with Gasteiger partial charge in [0.25, 0.3) is 5.91 Å². The SMILES string of the molecule is CCCNc1ccnc(C(=O)N(CCC(C)C)C2CC2)c1. The van der Waals surface area contributed by atoms with Crippen LogP contribution in [0.2, 0.25) is 0 Å². The third-order valence-corrected chi connectivity index (χ3v) is 3.75. The molecule has 2 rings (SSSR count). The molecule has 0 aromatic carbocycles. The van der Waals surface area contributed by atoms with Crippen molar-refractivity contribution >= 4 is 11.6 Å². The number of hydrogen-bond acceptors (Lipinski definition) is 3. The van der Waals surface area contributed by atoms with E-state index < -0.39 is 0 Å². The maximum atomic E-state index is 12.7. The molecule has 1 saturated carbocycles. The number of hydrogen-bond donors (Lipinski definition) is 1. The summed E-state index contributed by atoms with van der Waals surface area (Å²) in [6.45, 7) is 8.28. The summed E-state index contributed by atoms with van der Waals surface area (Å²) in [7, 11) is 0. The smallest absolute Gasteiger partial charge is 0.272 e. The predicted molar refractivity (Wildman–Crippen MR) is 86.5 cm³/mol. The summed E-state index contributed by atoms with van der Waals surface area (Å²) in [6, 6.07) is 4.23. The van der Waals surface area contributed by atoms with Crippen molar-refractivity contribution in [2.45, 2.75) is 52.5 Å². The van der Waals surface area contributed by atoms with Gasteiger partial charge in [0.2, 0.25) is 0 Å². The summed E-state index contributed by atoms with van der Waals surface area (Å²) in [5, 5.41) is 3.31. The molecule has 1 aromatic rings. The van der Waals surface area contributed by atoms with E-state index in [1.165, 1.54) is 0 Å². The van der Waals surface area contributed by atoms with E-state index in [1.54, 1.807) is 6.20 Å². The third kappa shape index (κ3) is 4.73. The first-order chi connectivity index (χ1) is 10.1. The molecule has 1 aromatic heterocycles. The van der Waals surface area contributed by atoms with Crippen LogP contribution in [-0.2, 0) is 0 Å². The molecule has 0 spiro atoms. The minimum Gasteiger partial charge on any atom is -0.385 e. The lowest BCUT2D eigenvalue weighted by atomic mass is 10.1. The van der Waals surface area contributed by atoms with E-state index in [-0.39, 0.29) is 5.91 Å². The molecule has 0 atom stereocenters. The molecule has 1 aliphatic rings. The first kappa shape index (κ1) is 15.8. The van der Waals surface area contributed by atoms with Crippen molar-refractivity contribution in [1.82, 2.24) is 9.88 Å². The molecule has 0 saturated heterocycles. The number of carbonyl (C=O) groups is 1. The number of anilines is 1. The quantitative estimate of drug-likeness (QED) is 0.796. The number of nitrogens with one attached hydrogen (secondary N) is 1. The van der Waals surface area contributed by atoms with Crippen LogP contribution in [0.15, 0.2) is 18.3 Å². The normalized spacial score (nSPS) is 14.3. The van der Waals surface area contributed by atoms with Crippen LogP contribution in [0.4, 0.5) is 5.69 Å². The van der Waals surface area contributed by atoms with Crippen molar-refractivity contribution in [2.24, 2.45) is 5.92 Å². The Morgan fingerprint density at radius 2 is 2.24 bits per heavy atom. The van der Waals surface area contributed by atoms with E-state index in [0.29, 0.717) is 17.7 Å². The monoisotopic (exact) mass is 289 g/mol. The first-order valence-corrected chi connectivity index (χ1v) is 8.12. The Bertz CT molecular complexity index is 469. The van der Waals surface area contributed by atoms with Crippen LogP contribution >= 0.6 is 0 Å². The van der Waals surface area contributed by atoms with Gasteiger partial charge in [-0.15, -0.1) is 0 Å². The van der Waals surface area contributed by atoms with Gasteiger partial charge in [0.15, 0.2) is 0 Å². The van der Waals surface area contributed by atoms with Crippen molar-refractivity contribution in [1.29, 1.82) is 0 Å². The summed E-state index contributed by atoms with van der Waals surface area (Å²) >= 11 is 0. The van der Waals surface area contributed by atoms with Gasteiger partial charge in [0, 0.05) is 31.0 Å². The second kappa shape index (κ2) is 7.43. The van der Waals surface area contributed by atoms with Crippen molar-refractivity contribution < 1.29 is 4.79 Å². The highest BCUT2D eigenvalue weighted by Crippen LogP contribution is 2.29. The molecule has 4 heteroatoms. The van der Waals surface area contributed by atoms with Crippen LogP contribution in [-0.4, -0.2) is 34.9 Å². The van der Waals surface area contributed by atoms with Crippen LogP contribution < -0.4 is 5.32 Å². The lowest BCUT2D eigenvalue weighted by Crippen LogP contribution is -2.35. The van der Waals surface area contributed by atoms with E-state index in [1.807, 2.05) is 17.0 Å². The van der Waals surface area contributed by atoms with E-state index in [2.05, 4.69) is 31.1 Å². The highest BCUT2D eigenvalue weighted by molar-refractivity contribution is 5.93. The molecule has 1 aliphatic carbocycles. The van der Waals surface area contributed by atoms with Gasteiger partial charge in [0.05, 0.1) is 0 Å². The van der Waals surface area contributed by atoms with Gasteiger partial charge in [-0.3, -0.25) is 9.78 Å². The number of pyridine rings is 1. The summed E-state index contributed by atoms with van der Waals surface area (Å²) in [5.41, 5.74) is 1.54. The first-order valence-electron chi connectivity index (χ1n) is 8.12. The number of aromatic nitrogens is 1. The van der Waals surface area contributed by atoms with Gasteiger partial charge in [-0.2, -0.15) is 0 Å². The van der Waals surface area contributed by atoms with Gasteiger partial charge >= 0.3 is 0 Å². The van der Waals surface area contributed by atoms with Gasteiger partial charge in [0.1, 0.15) is 5.69 Å². The highest BCUT2D eigenvalue weighted by atomic mass is 16.2. The fraction of sp³-hybridized carbons (Fsp3) is 0.647. The van der Waals surface area contributed by atoms with Crippen LogP contribution in [0.5, 0.6) is 0 Å². The molecule has 1 N–H and O–H groups in total. The zero-order chi connectivity index (χ0) is 15.2. The van der Waals surface area contributed by atoms with Crippen LogP contribution in [0.3, 0.4) is 0 Å². The maximum Gasteiger partial charge on any atom is 0.272 e. The number of rotatable bonds is 8. The number of carbonyl (C=O) groups excluding carboxylic acids is 1. The van der Waals surface area contributed by atoms with Crippen LogP contribution in [0.25, 0.3) is 0 Å². The second-order valence-electron chi connectivity index (χ2n) is 6.27. The fourth-order valence-electron chi connectivity index (χ4n) is 2.31. The molecule has 4 nitrogen and oxygen atoms in total. The van der Waals surface area contributed by atoms with E-state index in [0.717, 1.165) is 44.5 Å². The summed E-state index contributed by atoms with van der Waals surface area (Å²) in [5.74, 6) is 0.697. The molecule has 0 radical (unpaired) electrons. The average Bonchev–Trinajstić information content (AvgIpc) is 3.30. The minimum atomic E-state index is 0.0818. The molecular weight excluding hydrogens is 262 g/mol. The summed E-state index contributed by atoms with van der Waals surface area (Å²) < 4.78 is 0. The minimum absolute atomic E-state index is 0.0818. The Morgan fingerprint density at radius 3 is 2.86 bits per heavy atom. The van der Waals surface area contributed by atoms with Crippen molar-refractivity contribution in [3.8, 4) is 0 Å². The topological polar surface area (TPSA) is 45.2 Å². The van der Waals surface area contributed by atoms with Crippen LogP contribution in [0.1, 0.15) is 56.9 Å². The predicted octanol–water partition coefficient (Wildman–Crippen LogP) is 3.55. The Morgan fingerprint density at radius 1 is 1.48 bits per heavy atom. The third-order valence-electron chi connectivity index (χ3n) is 3.75. The molecule has 1 amide bonds. The number of amides is 1. The van der Waals surface area contributed by atoms with E-state index in [9.17, 15) is 4.79 Å². The molecule has 0 bridgehead atoms. The molecular formula is C17H27N3O. The largest absolute Gasteiger partial charge is 0.385 e. The Kier molecular flexibility index (Phi) is 5.59. The molecule has 21 heavy (non-hydrogen) atoms. The Hall–Kier alpha value is -1.58. The van der Waals surface area contributed by atoms with Gasteiger partial charge in [-0.1, -0.05) is 20.8 Å². The van der Waals surface area contributed by atoms with Crippen LogP contribution in [0, 0.1) is 5.92 Å². The zero-order valence-corrected chi connectivity index (χ0v) is 13.4. The fourth-order valence-corrected chi connectivity index (χ4v) is 2.31. The molecule has 1 heterocycles. The lowest BCUT2D eigenvalue weighted by Gasteiger charge is -2.23. The summed E-state index contributed by atoms with van der Waals surface area (Å²) in [6.07, 6.45) is 6.11. The average molecular weight is 289 g/mol. The number of nitrogens with zero attached hydrogens (tertiary/aromatic N) is 2. The molecule has 0 aliphatic heterocycles. The molecule has 1 fully saturated rings. The zero-order valence-electron chi connectivity index (χ0n) is 13.4. The highest BCUT2D eigenvalue weighted by Gasteiger charge is 2.33. The van der Waals surface area contributed by atoms with Gasteiger partial charge in [-0.05, 0) is 43.7 Å². The van der Waals surface area contributed by atoms with Gasteiger partial charge in [-0.25, -0.2) is 0 Å². The van der Waals surface area contributed by atoms with Gasteiger partial charge < -0.3 is 10.2 Å². The molecule has 116 valence electrons. The van der Waals surface area contributed by atoms with E-state index in [4.69, 9.17) is 0 Å².